The smallest absolute Gasteiger partial charge is 0.175 e. The van der Waals surface area contributed by atoms with E-state index in [0.29, 0.717) is 15.8 Å². The highest BCUT2D eigenvalue weighted by atomic mass is 35.5. The number of halogens is 1. The third-order valence-corrected chi connectivity index (χ3v) is 2.77. The van der Waals surface area contributed by atoms with Crippen molar-refractivity contribution in [3.8, 4) is 0 Å². The zero-order chi connectivity index (χ0) is 13.0. The van der Waals surface area contributed by atoms with Gasteiger partial charge in [0, 0.05) is 10.7 Å². The van der Waals surface area contributed by atoms with E-state index in [9.17, 15) is 0 Å². The van der Waals surface area contributed by atoms with Gasteiger partial charge in [0.05, 0.1) is 11.4 Å². The first-order chi connectivity index (χ1) is 8.65. The number of nitrogens with one attached hydrogen (secondary N) is 2. The minimum absolute atomic E-state index is 0.482. The van der Waals surface area contributed by atoms with Gasteiger partial charge in [0.25, 0.3) is 0 Å². The van der Waals surface area contributed by atoms with Crippen LogP contribution in [0, 0.1) is 0 Å². The number of hydrogen-bond acceptors (Lipinski definition) is 2. The first kappa shape index (κ1) is 12.7. The molecule has 3 nitrogen and oxygen atoms in total. The summed E-state index contributed by atoms with van der Waals surface area (Å²) in [5.74, 6) is 0. The van der Waals surface area contributed by atoms with Crippen LogP contribution in [0.25, 0.3) is 0 Å². The SMILES string of the molecule is Nc1ccccc1NC(=S)Nc1ccc(Cl)cc1. The van der Waals surface area contributed by atoms with Gasteiger partial charge >= 0.3 is 0 Å². The number of hydrogen-bond donors (Lipinski definition) is 3. The Morgan fingerprint density at radius 2 is 1.67 bits per heavy atom. The van der Waals surface area contributed by atoms with Crippen LogP contribution in [0.1, 0.15) is 0 Å². The van der Waals surface area contributed by atoms with Crippen molar-refractivity contribution < 1.29 is 0 Å². The summed E-state index contributed by atoms with van der Waals surface area (Å²) in [7, 11) is 0. The van der Waals surface area contributed by atoms with Crippen molar-refractivity contribution in [2.45, 2.75) is 0 Å². The Morgan fingerprint density at radius 3 is 2.33 bits per heavy atom. The number of nitrogen functional groups attached to an aromatic ring is 1. The average Bonchev–Trinajstić information content (AvgIpc) is 2.35. The van der Waals surface area contributed by atoms with Crippen LogP contribution in [0.2, 0.25) is 5.02 Å². The minimum Gasteiger partial charge on any atom is -0.397 e. The first-order valence-corrected chi connectivity index (χ1v) is 6.12. The first-order valence-electron chi connectivity index (χ1n) is 5.33. The van der Waals surface area contributed by atoms with E-state index in [1.165, 1.54) is 0 Å². The monoisotopic (exact) mass is 277 g/mol. The molecule has 4 N–H and O–H groups in total. The van der Waals surface area contributed by atoms with Gasteiger partial charge in [0.15, 0.2) is 5.11 Å². The molecular formula is C13H12ClN3S. The fraction of sp³-hybridized carbons (Fsp3) is 0. The highest BCUT2D eigenvalue weighted by Crippen LogP contribution is 2.18. The van der Waals surface area contributed by atoms with Crippen molar-refractivity contribution in [3.05, 3.63) is 53.6 Å². The summed E-state index contributed by atoms with van der Waals surface area (Å²) in [5, 5.41) is 7.26. The lowest BCUT2D eigenvalue weighted by Crippen LogP contribution is -2.19. The zero-order valence-electron chi connectivity index (χ0n) is 9.48. The van der Waals surface area contributed by atoms with Crippen LogP contribution in [0.4, 0.5) is 17.1 Å². The summed E-state index contributed by atoms with van der Waals surface area (Å²) >= 11 is 11.0. The highest BCUT2D eigenvalue weighted by molar-refractivity contribution is 7.80. The third kappa shape index (κ3) is 3.35. The molecule has 0 aromatic heterocycles. The molecule has 0 saturated heterocycles. The molecule has 0 saturated carbocycles. The van der Waals surface area contributed by atoms with Gasteiger partial charge in [-0.15, -0.1) is 0 Å². The van der Waals surface area contributed by atoms with Gasteiger partial charge in [-0.25, -0.2) is 0 Å². The minimum atomic E-state index is 0.482. The lowest BCUT2D eigenvalue weighted by atomic mass is 10.3. The topological polar surface area (TPSA) is 50.1 Å². The maximum atomic E-state index is 5.81. The fourth-order valence-corrected chi connectivity index (χ4v) is 1.78. The van der Waals surface area contributed by atoms with E-state index in [2.05, 4.69) is 10.6 Å². The standard InChI is InChI=1S/C13H12ClN3S/c14-9-5-7-10(8-6-9)16-13(18)17-12-4-2-1-3-11(12)15/h1-8H,15H2,(H2,16,17,18). The summed E-state index contributed by atoms with van der Waals surface area (Å²) in [4.78, 5) is 0. The maximum absolute atomic E-state index is 5.81. The molecule has 0 fully saturated rings. The summed E-state index contributed by atoms with van der Waals surface area (Å²) in [6.07, 6.45) is 0. The van der Waals surface area contributed by atoms with Gasteiger partial charge in [0.2, 0.25) is 0 Å². The Balaban J connectivity index is 2.01. The number of para-hydroxylation sites is 2. The van der Waals surface area contributed by atoms with E-state index < -0.39 is 0 Å². The van der Waals surface area contributed by atoms with Gasteiger partial charge in [-0.05, 0) is 48.6 Å². The summed E-state index contributed by atoms with van der Waals surface area (Å²) in [6.45, 7) is 0. The molecule has 0 aliphatic carbocycles. The van der Waals surface area contributed by atoms with Gasteiger partial charge in [-0.2, -0.15) is 0 Å². The molecule has 0 aliphatic rings. The molecule has 0 bridgehead atoms. The predicted molar refractivity (Wildman–Crippen MR) is 82.1 cm³/mol. The molecular weight excluding hydrogens is 266 g/mol. The second kappa shape index (κ2) is 5.71. The van der Waals surface area contributed by atoms with Crippen molar-refractivity contribution in [1.82, 2.24) is 0 Å². The van der Waals surface area contributed by atoms with Gasteiger partial charge in [-0.1, -0.05) is 23.7 Å². The molecule has 0 radical (unpaired) electrons. The number of rotatable bonds is 2. The fourth-order valence-electron chi connectivity index (χ4n) is 1.43. The average molecular weight is 278 g/mol. The van der Waals surface area contributed by atoms with Crippen LogP contribution in [0.15, 0.2) is 48.5 Å². The van der Waals surface area contributed by atoms with E-state index >= 15 is 0 Å². The summed E-state index contributed by atoms with van der Waals surface area (Å²) < 4.78 is 0. The van der Waals surface area contributed by atoms with Crippen molar-refractivity contribution >= 4 is 46.0 Å². The van der Waals surface area contributed by atoms with E-state index in [0.717, 1.165) is 11.4 Å². The molecule has 0 amide bonds. The molecule has 2 aromatic rings. The highest BCUT2D eigenvalue weighted by Gasteiger charge is 2.01. The van der Waals surface area contributed by atoms with Crippen molar-refractivity contribution in [2.75, 3.05) is 16.4 Å². The van der Waals surface area contributed by atoms with E-state index in [4.69, 9.17) is 29.6 Å². The number of benzene rings is 2. The Kier molecular flexibility index (Phi) is 4.02. The second-order valence-electron chi connectivity index (χ2n) is 3.67. The van der Waals surface area contributed by atoms with Crippen LogP contribution in [-0.4, -0.2) is 5.11 Å². The predicted octanol–water partition coefficient (Wildman–Crippen LogP) is 3.73. The molecule has 0 unspecified atom stereocenters. The third-order valence-electron chi connectivity index (χ3n) is 2.31. The molecule has 0 atom stereocenters. The maximum Gasteiger partial charge on any atom is 0.175 e. The Labute approximate surface area is 116 Å². The van der Waals surface area contributed by atoms with Crippen LogP contribution in [0.3, 0.4) is 0 Å². The quantitative estimate of drug-likeness (QED) is 0.578. The van der Waals surface area contributed by atoms with Crippen LogP contribution < -0.4 is 16.4 Å². The molecule has 2 rings (SSSR count). The van der Waals surface area contributed by atoms with E-state index in [1.54, 1.807) is 12.1 Å². The Morgan fingerprint density at radius 1 is 1.00 bits per heavy atom. The number of thiocarbonyl (C=S) groups is 1. The normalized spacial score (nSPS) is 9.83. The van der Waals surface area contributed by atoms with Gasteiger partial charge in [0.1, 0.15) is 0 Å². The van der Waals surface area contributed by atoms with Crippen LogP contribution in [0.5, 0.6) is 0 Å². The molecule has 2 aromatic carbocycles. The van der Waals surface area contributed by atoms with Gasteiger partial charge < -0.3 is 16.4 Å². The lowest BCUT2D eigenvalue weighted by molar-refractivity contribution is 1.59. The number of anilines is 3. The number of nitrogens with two attached hydrogens (primary N) is 1. The second-order valence-corrected chi connectivity index (χ2v) is 4.52. The van der Waals surface area contributed by atoms with Gasteiger partial charge in [-0.3, -0.25) is 0 Å². The largest absolute Gasteiger partial charge is 0.397 e. The molecule has 5 heteroatoms. The molecule has 92 valence electrons. The zero-order valence-corrected chi connectivity index (χ0v) is 11.1. The molecule has 0 aliphatic heterocycles. The van der Waals surface area contributed by atoms with Crippen LogP contribution in [-0.2, 0) is 0 Å². The van der Waals surface area contributed by atoms with Crippen LogP contribution >= 0.6 is 23.8 Å². The Hall–Kier alpha value is -1.78. The van der Waals surface area contributed by atoms with Crippen molar-refractivity contribution in [1.29, 1.82) is 0 Å². The summed E-state index contributed by atoms with van der Waals surface area (Å²) in [6, 6.07) is 14.7. The summed E-state index contributed by atoms with van der Waals surface area (Å²) in [5.41, 5.74) is 8.11. The van der Waals surface area contributed by atoms with Crippen molar-refractivity contribution in [3.63, 3.8) is 0 Å². The Bertz CT molecular complexity index is 554. The van der Waals surface area contributed by atoms with E-state index in [1.807, 2.05) is 36.4 Å². The lowest BCUT2D eigenvalue weighted by Gasteiger charge is -2.12. The molecule has 0 spiro atoms. The molecule has 0 heterocycles. The van der Waals surface area contributed by atoms with E-state index in [-0.39, 0.29) is 0 Å². The van der Waals surface area contributed by atoms with Crippen molar-refractivity contribution in [2.24, 2.45) is 0 Å². The molecule has 18 heavy (non-hydrogen) atoms.